The molecule has 0 aliphatic carbocycles. The van der Waals surface area contributed by atoms with Crippen molar-refractivity contribution in [3.63, 3.8) is 0 Å². The van der Waals surface area contributed by atoms with Crippen LogP contribution in [0, 0.1) is 0 Å². The van der Waals surface area contributed by atoms with Gasteiger partial charge < -0.3 is 74.8 Å². The molecule has 5 rings (SSSR count). The average Bonchev–Trinajstić information content (AvgIpc) is 2.98. The smallest absolute Gasteiger partial charge is 0.339 e. The van der Waals surface area contributed by atoms with Gasteiger partial charge in [0.2, 0.25) is 17.5 Å². The van der Waals surface area contributed by atoms with Crippen molar-refractivity contribution in [2.45, 2.75) is 30.7 Å². The number of aliphatic hydroxyl groups excluding tert-OH is 3. The van der Waals surface area contributed by atoms with Crippen molar-refractivity contribution < 1.29 is 79.6 Å². The van der Waals surface area contributed by atoms with E-state index in [1.54, 1.807) is 0 Å². The molecule has 2 heterocycles. The zero-order valence-electron chi connectivity index (χ0n) is 22.4. The number of carbonyl (C=O) groups excluding carboxylic acids is 1. The van der Waals surface area contributed by atoms with Gasteiger partial charge in [0.25, 0.3) is 0 Å². The van der Waals surface area contributed by atoms with Crippen LogP contribution in [0.5, 0.6) is 51.7 Å². The van der Waals surface area contributed by atoms with E-state index >= 15 is 0 Å². The van der Waals surface area contributed by atoms with Crippen LogP contribution in [0.15, 0.2) is 45.6 Å². The van der Waals surface area contributed by atoms with Gasteiger partial charge in [-0.1, -0.05) is 0 Å². The Balaban J connectivity index is 1.65. The van der Waals surface area contributed by atoms with Crippen LogP contribution in [0.4, 0.5) is 0 Å². The molecule has 1 fully saturated rings. The minimum Gasteiger partial charge on any atom is -0.508 e. The summed E-state index contributed by atoms with van der Waals surface area (Å²) in [7, 11) is 0. The molecule has 17 heteroatoms. The summed E-state index contributed by atoms with van der Waals surface area (Å²) < 4.78 is 22.1. The summed E-state index contributed by atoms with van der Waals surface area (Å²) in [6.07, 6.45) is -9.68. The van der Waals surface area contributed by atoms with Crippen molar-refractivity contribution in [1.29, 1.82) is 0 Å². The van der Waals surface area contributed by atoms with Crippen LogP contribution < -0.4 is 10.2 Å². The van der Waals surface area contributed by atoms with Crippen molar-refractivity contribution in [1.82, 2.24) is 0 Å². The monoisotopic (exact) mass is 632 g/mol. The number of phenolic OH excluding ortho intramolecular Hbond substituents is 8. The Hall–Kier alpha value is -5.62. The number of ether oxygens (including phenoxy) is 3. The van der Waals surface area contributed by atoms with Crippen LogP contribution in [-0.4, -0.2) is 99.5 Å². The quantitative estimate of drug-likeness (QED) is 0.0995. The molecular formula is C28H24O17. The first-order valence-corrected chi connectivity index (χ1v) is 12.7. The first-order valence-electron chi connectivity index (χ1n) is 12.7. The first-order chi connectivity index (χ1) is 21.2. The Morgan fingerprint density at radius 1 is 0.778 bits per heavy atom. The van der Waals surface area contributed by atoms with E-state index < -0.39 is 123 Å². The second-order valence-electron chi connectivity index (χ2n) is 9.85. The van der Waals surface area contributed by atoms with Crippen LogP contribution in [0.1, 0.15) is 10.4 Å². The summed E-state index contributed by atoms with van der Waals surface area (Å²) in [5, 5.41) is 110. The molecule has 11 N–H and O–H groups in total. The van der Waals surface area contributed by atoms with Gasteiger partial charge in [-0.05, 0) is 24.3 Å². The minimum absolute atomic E-state index is 0.321. The highest BCUT2D eigenvalue weighted by atomic mass is 16.7. The summed E-state index contributed by atoms with van der Waals surface area (Å²) in [5.41, 5.74) is -2.47. The zero-order chi connectivity index (χ0) is 32.9. The minimum atomic E-state index is -2.08. The summed E-state index contributed by atoms with van der Waals surface area (Å²) >= 11 is 0. The number of aromatic hydroxyl groups is 8. The molecule has 0 unspecified atom stereocenters. The van der Waals surface area contributed by atoms with E-state index in [9.17, 15) is 65.8 Å². The van der Waals surface area contributed by atoms with Crippen LogP contribution in [0.25, 0.3) is 22.3 Å². The number of aliphatic hydroxyl groups is 3. The topological polar surface area (TPSA) is 298 Å². The maximum atomic E-state index is 13.7. The standard InChI is InChI=1S/C28H24O17/c29-7-17-21(38)23(40)26(44-27(41)9-3-14(34)20(37)15(35)4-9)28(43-17)45-25-22(39)18-11(31)5-10(30)6-16(18)42-24(25)8-1-12(32)19(36)13(33)2-8/h1-6,17,21,23,26,28-38,40H,7H2/t17-,21+,23-,26-,28+/m1/s1. The van der Waals surface area contributed by atoms with Crippen molar-refractivity contribution in [2.24, 2.45) is 0 Å². The fourth-order valence-corrected chi connectivity index (χ4v) is 4.61. The summed E-state index contributed by atoms with van der Waals surface area (Å²) in [4.78, 5) is 26.7. The Morgan fingerprint density at radius 3 is 1.93 bits per heavy atom. The van der Waals surface area contributed by atoms with E-state index in [0.717, 1.165) is 24.3 Å². The maximum Gasteiger partial charge on any atom is 0.339 e. The molecule has 0 amide bonds. The molecule has 1 aliphatic heterocycles. The van der Waals surface area contributed by atoms with Crippen molar-refractivity contribution >= 4 is 16.9 Å². The highest BCUT2D eigenvalue weighted by Crippen LogP contribution is 2.43. The number of fused-ring (bicyclic) bond motifs is 1. The highest BCUT2D eigenvalue weighted by molar-refractivity contribution is 5.91. The number of benzene rings is 3. The van der Waals surface area contributed by atoms with Gasteiger partial charge in [-0.15, -0.1) is 0 Å². The molecule has 4 aromatic rings. The first kappa shape index (κ1) is 30.8. The molecule has 5 atom stereocenters. The molecule has 17 nitrogen and oxygen atoms in total. The number of rotatable bonds is 6. The predicted octanol–water partition coefficient (Wildman–Crippen LogP) is 0.148. The maximum absolute atomic E-state index is 13.7. The molecule has 0 bridgehead atoms. The zero-order valence-corrected chi connectivity index (χ0v) is 22.4. The molecule has 1 aromatic heterocycles. The fourth-order valence-electron chi connectivity index (χ4n) is 4.61. The second-order valence-corrected chi connectivity index (χ2v) is 9.85. The lowest BCUT2D eigenvalue weighted by molar-refractivity contribution is -0.276. The molecule has 0 spiro atoms. The Kier molecular flexibility index (Phi) is 7.86. The molecular weight excluding hydrogens is 608 g/mol. The van der Waals surface area contributed by atoms with Crippen molar-refractivity contribution in [3.05, 3.63) is 52.2 Å². The fraction of sp³-hybridized carbons (Fsp3) is 0.214. The van der Waals surface area contributed by atoms with Crippen molar-refractivity contribution in [2.75, 3.05) is 6.61 Å². The number of carbonyl (C=O) groups is 1. The van der Waals surface area contributed by atoms with Gasteiger partial charge in [-0.3, -0.25) is 4.79 Å². The van der Waals surface area contributed by atoms with Crippen LogP contribution >= 0.6 is 0 Å². The van der Waals surface area contributed by atoms with Gasteiger partial charge in [0.1, 0.15) is 40.8 Å². The predicted molar refractivity (Wildman–Crippen MR) is 145 cm³/mol. The van der Waals surface area contributed by atoms with E-state index in [1.165, 1.54) is 0 Å². The van der Waals surface area contributed by atoms with Gasteiger partial charge >= 0.3 is 5.97 Å². The Labute approximate surface area is 249 Å². The van der Waals surface area contributed by atoms with Crippen LogP contribution in [0.2, 0.25) is 0 Å². The molecule has 0 radical (unpaired) electrons. The lowest BCUT2D eigenvalue weighted by Crippen LogP contribution is -2.61. The van der Waals surface area contributed by atoms with Gasteiger partial charge in [0.05, 0.1) is 12.2 Å². The summed E-state index contributed by atoms with van der Waals surface area (Å²) in [6, 6.07) is 4.82. The Morgan fingerprint density at radius 2 is 1.36 bits per heavy atom. The van der Waals surface area contributed by atoms with Gasteiger partial charge in [-0.2, -0.15) is 0 Å². The van der Waals surface area contributed by atoms with Gasteiger partial charge in [-0.25, -0.2) is 4.79 Å². The van der Waals surface area contributed by atoms with E-state index in [0.29, 0.717) is 12.1 Å². The summed E-state index contributed by atoms with van der Waals surface area (Å²) in [6.45, 7) is -0.919. The lowest BCUT2D eigenvalue weighted by Gasteiger charge is -2.41. The lowest BCUT2D eigenvalue weighted by atomic mass is 9.99. The molecule has 45 heavy (non-hydrogen) atoms. The number of phenols is 8. The van der Waals surface area contributed by atoms with E-state index in [2.05, 4.69) is 0 Å². The number of hydrogen-bond donors (Lipinski definition) is 11. The highest BCUT2D eigenvalue weighted by Gasteiger charge is 2.49. The average molecular weight is 632 g/mol. The van der Waals surface area contributed by atoms with Gasteiger partial charge in [0, 0.05) is 17.7 Å². The van der Waals surface area contributed by atoms with E-state index in [4.69, 9.17) is 18.6 Å². The molecule has 1 saturated heterocycles. The third kappa shape index (κ3) is 5.47. The van der Waals surface area contributed by atoms with E-state index in [-0.39, 0.29) is 5.56 Å². The third-order valence-corrected chi connectivity index (χ3v) is 6.86. The third-order valence-electron chi connectivity index (χ3n) is 6.86. The molecule has 1 aliphatic rings. The molecule has 238 valence electrons. The van der Waals surface area contributed by atoms with Crippen LogP contribution in [0.3, 0.4) is 0 Å². The normalized spacial score (nSPS) is 21.4. The molecule has 0 saturated carbocycles. The largest absolute Gasteiger partial charge is 0.508 e. The Bertz CT molecular complexity index is 1820. The summed E-state index contributed by atoms with van der Waals surface area (Å²) in [5.74, 6) is -9.65. The van der Waals surface area contributed by atoms with Crippen LogP contribution in [-0.2, 0) is 9.47 Å². The second kappa shape index (κ2) is 11.5. The molecule has 3 aromatic carbocycles. The van der Waals surface area contributed by atoms with Crippen molar-refractivity contribution in [3.8, 4) is 63.1 Å². The van der Waals surface area contributed by atoms with E-state index in [1.807, 2.05) is 0 Å². The number of esters is 1. The van der Waals surface area contributed by atoms with Gasteiger partial charge in [0.15, 0.2) is 46.4 Å². The number of hydrogen-bond acceptors (Lipinski definition) is 17. The SMILES string of the molecule is O=C(O[C@H]1[C@H](Oc2c(-c3cc(O)c(O)c(O)c3)oc3cc(O)cc(O)c3c2=O)O[C@H](CO)[C@H](O)[C@H]1O)c1cc(O)c(O)c(O)c1.